The van der Waals surface area contributed by atoms with Gasteiger partial charge >= 0.3 is 0 Å². The van der Waals surface area contributed by atoms with Gasteiger partial charge < -0.3 is 0 Å². The molecule has 0 bridgehead atoms. The van der Waals surface area contributed by atoms with Crippen LogP contribution in [0, 0.1) is 39.5 Å². The second-order valence-electron chi connectivity index (χ2n) is 7.20. The summed E-state index contributed by atoms with van der Waals surface area (Å²) in [5.74, 6) is 0.611. The molecule has 0 atom stereocenters. The molecule has 1 aromatic rings. The standard InChI is InChI=1S/C18H31NO2S/c1-12(2)10-19(11-13(3)4)22(20,21)18-16(7)14(5)9-15(6)17(18)8/h9,12-13H,10-11H2,1-8H3. The molecule has 0 heterocycles. The Morgan fingerprint density at radius 3 is 1.55 bits per heavy atom. The van der Waals surface area contributed by atoms with Crippen molar-refractivity contribution in [2.24, 2.45) is 11.8 Å². The topological polar surface area (TPSA) is 37.4 Å². The summed E-state index contributed by atoms with van der Waals surface area (Å²) in [6, 6.07) is 2.07. The highest BCUT2D eigenvalue weighted by molar-refractivity contribution is 7.89. The molecular weight excluding hydrogens is 294 g/mol. The molecule has 0 unspecified atom stereocenters. The van der Waals surface area contributed by atoms with Crippen LogP contribution in [0.5, 0.6) is 0 Å². The smallest absolute Gasteiger partial charge is 0.207 e. The van der Waals surface area contributed by atoms with E-state index in [1.165, 1.54) is 0 Å². The molecule has 126 valence electrons. The van der Waals surface area contributed by atoms with E-state index < -0.39 is 10.0 Å². The van der Waals surface area contributed by atoms with Crippen LogP contribution in [0.15, 0.2) is 11.0 Å². The number of benzene rings is 1. The molecule has 0 saturated heterocycles. The van der Waals surface area contributed by atoms with Crippen LogP contribution >= 0.6 is 0 Å². The molecular formula is C18H31NO2S. The lowest BCUT2D eigenvalue weighted by molar-refractivity contribution is 0.333. The van der Waals surface area contributed by atoms with E-state index in [9.17, 15) is 8.42 Å². The normalized spacial score (nSPS) is 12.7. The predicted octanol–water partition coefficient (Wildman–Crippen LogP) is 4.22. The van der Waals surface area contributed by atoms with Gasteiger partial charge in [0.05, 0.1) is 4.90 Å². The van der Waals surface area contributed by atoms with E-state index in [1.807, 2.05) is 27.7 Å². The van der Waals surface area contributed by atoms with E-state index in [-0.39, 0.29) is 0 Å². The molecule has 4 heteroatoms. The Morgan fingerprint density at radius 1 is 0.864 bits per heavy atom. The predicted molar refractivity (Wildman–Crippen MR) is 93.8 cm³/mol. The summed E-state index contributed by atoms with van der Waals surface area (Å²) in [5.41, 5.74) is 3.83. The minimum absolute atomic E-state index is 0.306. The number of rotatable bonds is 6. The van der Waals surface area contributed by atoms with Gasteiger partial charge in [-0.05, 0) is 61.8 Å². The van der Waals surface area contributed by atoms with Crippen LogP contribution in [0.4, 0.5) is 0 Å². The van der Waals surface area contributed by atoms with Crippen molar-refractivity contribution in [3.8, 4) is 0 Å². The Balaban J connectivity index is 3.49. The summed E-state index contributed by atoms with van der Waals surface area (Å²) in [6.45, 7) is 17.2. The van der Waals surface area contributed by atoms with Crippen LogP contribution in [0.1, 0.15) is 49.9 Å². The van der Waals surface area contributed by atoms with Gasteiger partial charge in [0.25, 0.3) is 0 Å². The van der Waals surface area contributed by atoms with E-state index in [0.717, 1.165) is 22.3 Å². The maximum Gasteiger partial charge on any atom is 0.243 e. The van der Waals surface area contributed by atoms with Crippen molar-refractivity contribution in [2.45, 2.75) is 60.3 Å². The SMILES string of the molecule is Cc1cc(C)c(C)c(S(=O)(=O)N(CC(C)C)CC(C)C)c1C. The first kappa shape index (κ1) is 19.2. The van der Waals surface area contributed by atoms with Crippen LogP contribution in [-0.4, -0.2) is 25.8 Å². The van der Waals surface area contributed by atoms with E-state index in [1.54, 1.807) is 4.31 Å². The first-order chi connectivity index (χ1) is 9.98. The maximum absolute atomic E-state index is 13.3. The molecule has 0 aliphatic carbocycles. The highest BCUT2D eigenvalue weighted by Crippen LogP contribution is 2.29. The van der Waals surface area contributed by atoms with Gasteiger partial charge in [0.2, 0.25) is 10.0 Å². The number of hydrogen-bond acceptors (Lipinski definition) is 2. The van der Waals surface area contributed by atoms with E-state index >= 15 is 0 Å². The van der Waals surface area contributed by atoms with Gasteiger partial charge in [0.15, 0.2) is 0 Å². The number of aryl methyl sites for hydroxylation is 2. The summed E-state index contributed by atoms with van der Waals surface area (Å²) in [7, 11) is -3.46. The maximum atomic E-state index is 13.3. The summed E-state index contributed by atoms with van der Waals surface area (Å²) in [6.07, 6.45) is 0. The summed E-state index contributed by atoms with van der Waals surface area (Å²) in [4.78, 5) is 0.506. The van der Waals surface area contributed by atoms with Crippen molar-refractivity contribution in [3.05, 3.63) is 28.3 Å². The summed E-state index contributed by atoms with van der Waals surface area (Å²) >= 11 is 0. The molecule has 0 saturated carbocycles. The third kappa shape index (κ3) is 4.11. The molecule has 0 aliphatic heterocycles. The van der Waals surface area contributed by atoms with Crippen LogP contribution < -0.4 is 0 Å². The molecule has 1 aromatic carbocycles. The number of hydrogen-bond donors (Lipinski definition) is 0. The van der Waals surface area contributed by atoms with Crippen molar-refractivity contribution >= 4 is 10.0 Å². The lowest BCUT2D eigenvalue weighted by Gasteiger charge is -2.28. The molecule has 0 amide bonds. The van der Waals surface area contributed by atoms with E-state index in [0.29, 0.717) is 29.8 Å². The van der Waals surface area contributed by atoms with Gasteiger partial charge in [0, 0.05) is 13.1 Å². The minimum Gasteiger partial charge on any atom is -0.207 e. The number of sulfonamides is 1. The minimum atomic E-state index is -3.46. The second-order valence-corrected chi connectivity index (χ2v) is 9.07. The molecule has 0 fully saturated rings. The van der Waals surface area contributed by atoms with Crippen molar-refractivity contribution in [1.82, 2.24) is 4.31 Å². The fraction of sp³-hybridized carbons (Fsp3) is 0.667. The highest BCUT2D eigenvalue weighted by Gasteiger charge is 2.29. The Labute approximate surface area is 136 Å². The van der Waals surface area contributed by atoms with Gasteiger partial charge in [0.1, 0.15) is 0 Å². The molecule has 0 spiro atoms. The van der Waals surface area contributed by atoms with Crippen LogP contribution in [0.25, 0.3) is 0 Å². The van der Waals surface area contributed by atoms with Crippen molar-refractivity contribution in [1.29, 1.82) is 0 Å². The lowest BCUT2D eigenvalue weighted by Crippen LogP contribution is -2.37. The fourth-order valence-electron chi connectivity index (χ4n) is 2.78. The lowest BCUT2D eigenvalue weighted by atomic mass is 10.0. The van der Waals surface area contributed by atoms with Gasteiger partial charge in [-0.15, -0.1) is 0 Å². The molecule has 22 heavy (non-hydrogen) atoms. The van der Waals surface area contributed by atoms with E-state index in [2.05, 4.69) is 33.8 Å². The van der Waals surface area contributed by atoms with Crippen molar-refractivity contribution < 1.29 is 8.42 Å². The molecule has 0 aliphatic rings. The first-order valence-corrected chi connectivity index (χ1v) is 9.50. The summed E-state index contributed by atoms with van der Waals surface area (Å²) < 4.78 is 28.2. The molecule has 0 aromatic heterocycles. The molecule has 0 N–H and O–H groups in total. The zero-order valence-corrected chi connectivity index (χ0v) is 16.1. The Hall–Kier alpha value is -0.870. The van der Waals surface area contributed by atoms with Gasteiger partial charge in [-0.2, -0.15) is 4.31 Å². The van der Waals surface area contributed by atoms with Crippen molar-refractivity contribution in [3.63, 3.8) is 0 Å². The fourth-order valence-corrected chi connectivity index (χ4v) is 5.12. The Morgan fingerprint density at radius 2 is 1.23 bits per heavy atom. The molecule has 3 nitrogen and oxygen atoms in total. The first-order valence-electron chi connectivity index (χ1n) is 8.06. The number of nitrogens with zero attached hydrogens (tertiary/aromatic N) is 1. The largest absolute Gasteiger partial charge is 0.243 e. The van der Waals surface area contributed by atoms with Crippen LogP contribution in [-0.2, 0) is 10.0 Å². The van der Waals surface area contributed by atoms with Crippen LogP contribution in [0.3, 0.4) is 0 Å². The zero-order chi connectivity index (χ0) is 17.2. The van der Waals surface area contributed by atoms with Gasteiger partial charge in [-0.3, -0.25) is 0 Å². The summed E-state index contributed by atoms with van der Waals surface area (Å²) in [5, 5.41) is 0. The Kier molecular flexibility index (Phi) is 6.22. The average Bonchev–Trinajstić information content (AvgIpc) is 2.34. The third-order valence-corrected chi connectivity index (χ3v) is 6.14. The average molecular weight is 326 g/mol. The van der Waals surface area contributed by atoms with Gasteiger partial charge in [-0.1, -0.05) is 33.8 Å². The van der Waals surface area contributed by atoms with Gasteiger partial charge in [-0.25, -0.2) is 8.42 Å². The zero-order valence-electron chi connectivity index (χ0n) is 15.3. The molecule has 0 radical (unpaired) electrons. The third-order valence-electron chi connectivity index (χ3n) is 4.03. The van der Waals surface area contributed by atoms with E-state index in [4.69, 9.17) is 0 Å². The van der Waals surface area contributed by atoms with Crippen molar-refractivity contribution in [2.75, 3.05) is 13.1 Å². The Bertz CT molecular complexity index is 595. The molecule has 1 rings (SSSR count). The quantitative estimate of drug-likeness (QED) is 0.785. The van der Waals surface area contributed by atoms with Crippen LogP contribution in [0.2, 0.25) is 0 Å². The monoisotopic (exact) mass is 325 g/mol. The highest BCUT2D eigenvalue weighted by atomic mass is 32.2. The second kappa shape index (κ2) is 7.14.